The molecule has 0 spiro atoms. The average molecular weight is 278 g/mol. The standard InChI is InChI=1S/C14H18N2O2S/c1-9-3-4-10(2)11(7-9)16-13(17)8-12(14(16)18)19-6-5-15/h3-4,7,12H,5-6,8,15H2,1-2H3. The van der Waals surface area contributed by atoms with Gasteiger partial charge in [0.15, 0.2) is 0 Å². The van der Waals surface area contributed by atoms with E-state index in [1.807, 2.05) is 32.0 Å². The highest BCUT2D eigenvalue weighted by Crippen LogP contribution is 2.31. The minimum Gasteiger partial charge on any atom is -0.330 e. The fraction of sp³-hybridized carbons (Fsp3) is 0.429. The van der Waals surface area contributed by atoms with E-state index in [9.17, 15) is 9.59 Å². The smallest absolute Gasteiger partial charge is 0.247 e. The van der Waals surface area contributed by atoms with Crippen LogP contribution in [0.2, 0.25) is 0 Å². The van der Waals surface area contributed by atoms with Crippen molar-refractivity contribution in [2.45, 2.75) is 25.5 Å². The molecular formula is C14H18N2O2S. The number of nitrogens with zero attached hydrogens (tertiary/aromatic N) is 1. The topological polar surface area (TPSA) is 63.4 Å². The Labute approximate surface area is 117 Å². The molecule has 0 aromatic heterocycles. The third-order valence-corrected chi connectivity index (χ3v) is 4.39. The lowest BCUT2D eigenvalue weighted by molar-refractivity contribution is -0.121. The first-order chi connectivity index (χ1) is 9.04. The lowest BCUT2D eigenvalue weighted by Crippen LogP contribution is -2.32. The number of hydrogen-bond acceptors (Lipinski definition) is 4. The summed E-state index contributed by atoms with van der Waals surface area (Å²) in [4.78, 5) is 25.7. The fourth-order valence-electron chi connectivity index (χ4n) is 2.16. The molecule has 0 bridgehead atoms. The summed E-state index contributed by atoms with van der Waals surface area (Å²) in [6.07, 6.45) is 0.275. The number of carbonyl (C=O) groups is 2. The molecule has 2 N–H and O–H groups in total. The van der Waals surface area contributed by atoms with Gasteiger partial charge in [0.25, 0.3) is 0 Å². The van der Waals surface area contributed by atoms with Crippen molar-refractivity contribution < 1.29 is 9.59 Å². The van der Waals surface area contributed by atoms with E-state index in [1.165, 1.54) is 16.7 Å². The number of benzene rings is 1. The Kier molecular flexibility index (Phi) is 4.27. The van der Waals surface area contributed by atoms with Gasteiger partial charge in [-0.25, -0.2) is 4.90 Å². The highest BCUT2D eigenvalue weighted by atomic mass is 32.2. The summed E-state index contributed by atoms with van der Waals surface area (Å²) in [5.74, 6) is 0.468. The predicted molar refractivity (Wildman–Crippen MR) is 78.3 cm³/mol. The number of nitrogens with two attached hydrogens (primary N) is 1. The second-order valence-electron chi connectivity index (χ2n) is 4.71. The van der Waals surface area contributed by atoms with Gasteiger partial charge >= 0.3 is 0 Å². The maximum Gasteiger partial charge on any atom is 0.247 e. The first-order valence-corrected chi connectivity index (χ1v) is 7.35. The van der Waals surface area contributed by atoms with Gasteiger partial charge in [0.2, 0.25) is 11.8 Å². The lowest BCUT2D eigenvalue weighted by Gasteiger charge is -2.18. The summed E-state index contributed by atoms with van der Waals surface area (Å²) < 4.78 is 0. The van der Waals surface area contributed by atoms with Crippen LogP contribution in [0, 0.1) is 13.8 Å². The van der Waals surface area contributed by atoms with E-state index >= 15 is 0 Å². The number of imide groups is 1. The minimum absolute atomic E-state index is 0.114. The maximum absolute atomic E-state index is 12.3. The summed E-state index contributed by atoms with van der Waals surface area (Å²) in [5.41, 5.74) is 8.14. The van der Waals surface area contributed by atoms with E-state index in [1.54, 1.807) is 0 Å². The molecule has 102 valence electrons. The van der Waals surface area contributed by atoms with Crippen molar-refractivity contribution in [1.82, 2.24) is 0 Å². The van der Waals surface area contributed by atoms with Gasteiger partial charge in [-0.2, -0.15) is 0 Å². The third-order valence-electron chi connectivity index (χ3n) is 3.15. The summed E-state index contributed by atoms with van der Waals surface area (Å²) in [6, 6.07) is 5.80. The van der Waals surface area contributed by atoms with E-state index in [2.05, 4.69) is 0 Å². The van der Waals surface area contributed by atoms with Crippen molar-refractivity contribution >= 4 is 29.3 Å². The van der Waals surface area contributed by atoms with Crippen LogP contribution >= 0.6 is 11.8 Å². The molecule has 1 saturated heterocycles. The van der Waals surface area contributed by atoms with Gasteiger partial charge in [0.05, 0.1) is 10.9 Å². The van der Waals surface area contributed by atoms with Crippen molar-refractivity contribution in [3.05, 3.63) is 29.3 Å². The Morgan fingerprint density at radius 3 is 2.79 bits per heavy atom. The van der Waals surface area contributed by atoms with Gasteiger partial charge in [-0.3, -0.25) is 9.59 Å². The van der Waals surface area contributed by atoms with Crippen LogP contribution in [0.15, 0.2) is 18.2 Å². The SMILES string of the molecule is Cc1ccc(C)c(N2C(=O)CC(SCCN)C2=O)c1. The molecule has 2 amide bonds. The fourth-order valence-corrected chi connectivity index (χ4v) is 3.09. The Bertz CT molecular complexity index is 516. The van der Waals surface area contributed by atoms with Gasteiger partial charge in [0.1, 0.15) is 0 Å². The zero-order chi connectivity index (χ0) is 14.0. The monoisotopic (exact) mass is 278 g/mol. The molecule has 1 aliphatic heterocycles. The number of thioether (sulfide) groups is 1. The zero-order valence-electron chi connectivity index (χ0n) is 11.2. The molecule has 4 nitrogen and oxygen atoms in total. The van der Waals surface area contributed by atoms with Crippen LogP contribution in [0.3, 0.4) is 0 Å². The molecule has 0 radical (unpaired) electrons. The molecule has 1 fully saturated rings. The van der Waals surface area contributed by atoms with E-state index < -0.39 is 0 Å². The molecule has 0 saturated carbocycles. The van der Waals surface area contributed by atoms with Crippen LogP contribution in [-0.2, 0) is 9.59 Å². The summed E-state index contributed by atoms with van der Waals surface area (Å²) >= 11 is 1.47. The second-order valence-corrected chi connectivity index (χ2v) is 6.02. The van der Waals surface area contributed by atoms with Crippen molar-refractivity contribution in [1.29, 1.82) is 0 Å². The quantitative estimate of drug-likeness (QED) is 0.850. The second kappa shape index (κ2) is 5.75. The summed E-state index contributed by atoms with van der Waals surface area (Å²) in [5, 5.41) is -0.282. The zero-order valence-corrected chi connectivity index (χ0v) is 12.0. The minimum atomic E-state index is -0.282. The van der Waals surface area contributed by atoms with Crippen molar-refractivity contribution in [3.63, 3.8) is 0 Å². The number of hydrogen-bond donors (Lipinski definition) is 1. The molecule has 1 aliphatic rings. The van der Waals surface area contributed by atoms with Crippen molar-refractivity contribution in [2.24, 2.45) is 5.73 Å². The molecule has 1 unspecified atom stereocenters. The Morgan fingerprint density at radius 2 is 2.11 bits per heavy atom. The number of rotatable bonds is 4. The highest BCUT2D eigenvalue weighted by Gasteiger charge is 2.40. The van der Waals surface area contributed by atoms with Gasteiger partial charge in [-0.15, -0.1) is 11.8 Å². The van der Waals surface area contributed by atoms with Gasteiger partial charge in [-0.05, 0) is 31.0 Å². The molecular weight excluding hydrogens is 260 g/mol. The molecule has 1 heterocycles. The highest BCUT2D eigenvalue weighted by molar-refractivity contribution is 8.00. The first kappa shape index (κ1) is 14.1. The van der Waals surface area contributed by atoms with Gasteiger partial charge in [0, 0.05) is 18.7 Å². The third kappa shape index (κ3) is 2.82. The molecule has 1 atom stereocenters. The lowest BCUT2D eigenvalue weighted by atomic mass is 10.1. The Hall–Kier alpha value is -1.33. The number of carbonyl (C=O) groups excluding carboxylic acids is 2. The largest absolute Gasteiger partial charge is 0.330 e. The normalized spacial score (nSPS) is 19.3. The average Bonchev–Trinajstić information content (AvgIpc) is 2.65. The van der Waals surface area contributed by atoms with Crippen LogP contribution in [0.4, 0.5) is 5.69 Å². The van der Waals surface area contributed by atoms with Crippen LogP contribution in [0.25, 0.3) is 0 Å². The maximum atomic E-state index is 12.3. The Balaban J connectivity index is 2.27. The molecule has 1 aromatic carbocycles. The molecule has 0 aliphatic carbocycles. The number of aryl methyl sites for hydroxylation is 2. The van der Waals surface area contributed by atoms with E-state index in [-0.39, 0.29) is 23.5 Å². The van der Waals surface area contributed by atoms with E-state index in [0.717, 1.165) is 11.1 Å². The molecule has 19 heavy (non-hydrogen) atoms. The summed E-state index contributed by atoms with van der Waals surface area (Å²) in [6.45, 7) is 4.39. The van der Waals surface area contributed by atoms with Gasteiger partial charge in [-0.1, -0.05) is 12.1 Å². The van der Waals surface area contributed by atoms with Crippen molar-refractivity contribution in [3.8, 4) is 0 Å². The Morgan fingerprint density at radius 1 is 1.37 bits per heavy atom. The van der Waals surface area contributed by atoms with E-state index in [0.29, 0.717) is 18.0 Å². The predicted octanol–water partition coefficient (Wildman–Crippen LogP) is 1.63. The van der Waals surface area contributed by atoms with Crippen LogP contribution in [-0.4, -0.2) is 29.4 Å². The molecule has 5 heteroatoms. The van der Waals surface area contributed by atoms with E-state index in [4.69, 9.17) is 5.73 Å². The van der Waals surface area contributed by atoms with Crippen LogP contribution in [0.1, 0.15) is 17.5 Å². The van der Waals surface area contributed by atoms with Crippen LogP contribution < -0.4 is 10.6 Å². The first-order valence-electron chi connectivity index (χ1n) is 6.30. The number of anilines is 1. The van der Waals surface area contributed by atoms with Crippen LogP contribution in [0.5, 0.6) is 0 Å². The van der Waals surface area contributed by atoms with Crippen molar-refractivity contribution in [2.75, 3.05) is 17.2 Å². The molecule has 2 rings (SSSR count). The number of amides is 2. The summed E-state index contributed by atoms with van der Waals surface area (Å²) in [7, 11) is 0. The molecule has 1 aromatic rings. The van der Waals surface area contributed by atoms with Gasteiger partial charge < -0.3 is 5.73 Å².